The summed E-state index contributed by atoms with van der Waals surface area (Å²) >= 11 is 0. The maximum atomic E-state index is 11.0. The van der Waals surface area contributed by atoms with Gasteiger partial charge in [0.15, 0.2) is 0 Å². The molecular weight excluding hydrogens is 236 g/mol. The van der Waals surface area contributed by atoms with Gasteiger partial charge in [-0.15, -0.1) is 0 Å². The van der Waals surface area contributed by atoms with Crippen LogP contribution in [-0.2, 0) is 14.3 Å². The Balaban J connectivity index is 1.91. The summed E-state index contributed by atoms with van der Waals surface area (Å²) in [6.07, 6.45) is 4.66. The molecule has 0 heterocycles. The van der Waals surface area contributed by atoms with Crippen molar-refractivity contribution in [3.05, 3.63) is 35.9 Å². The van der Waals surface area contributed by atoms with E-state index < -0.39 is 10.1 Å². The van der Waals surface area contributed by atoms with Gasteiger partial charge in [-0.25, -0.2) is 0 Å². The van der Waals surface area contributed by atoms with E-state index in [1.165, 1.54) is 5.56 Å². The first-order chi connectivity index (χ1) is 8.04. The van der Waals surface area contributed by atoms with E-state index in [-0.39, 0.29) is 6.10 Å². The molecule has 4 heteroatoms. The lowest BCUT2D eigenvalue weighted by atomic mass is 9.83. The molecule has 1 aromatic rings. The van der Waals surface area contributed by atoms with Gasteiger partial charge in [0.1, 0.15) is 0 Å². The second-order valence-corrected chi connectivity index (χ2v) is 6.29. The fraction of sp³-hybridized carbons (Fsp3) is 0.538. The molecule has 0 aromatic heterocycles. The van der Waals surface area contributed by atoms with Crippen molar-refractivity contribution >= 4 is 10.1 Å². The van der Waals surface area contributed by atoms with Gasteiger partial charge < -0.3 is 0 Å². The van der Waals surface area contributed by atoms with Crippen LogP contribution in [0, 0.1) is 0 Å². The van der Waals surface area contributed by atoms with Crippen LogP contribution in [0.15, 0.2) is 30.3 Å². The Labute approximate surface area is 103 Å². The predicted octanol–water partition coefficient (Wildman–Crippen LogP) is 2.69. The Morgan fingerprint density at radius 3 is 2.18 bits per heavy atom. The van der Waals surface area contributed by atoms with Crippen LogP contribution < -0.4 is 0 Å². The summed E-state index contributed by atoms with van der Waals surface area (Å²) in [5.74, 6) is 0.551. The third kappa shape index (κ3) is 3.82. The highest BCUT2D eigenvalue weighted by atomic mass is 32.2. The average molecular weight is 254 g/mol. The Hall–Kier alpha value is -0.870. The fourth-order valence-electron chi connectivity index (χ4n) is 2.46. The van der Waals surface area contributed by atoms with Crippen molar-refractivity contribution in [1.82, 2.24) is 0 Å². The Morgan fingerprint density at radius 1 is 1.06 bits per heavy atom. The van der Waals surface area contributed by atoms with E-state index in [0.717, 1.165) is 31.9 Å². The molecular formula is C13H18O3S. The zero-order valence-corrected chi connectivity index (χ0v) is 10.8. The molecule has 1 aliphatic carbocycles. The molecule has 3 nitrogen and oxygen atoms in total. The van der Waals surface area contributed by atoms with Gasteiger partial charge in [-0.3, -0.25) is 4.18 Å². The first kappa shape index (κ1) is 12.6. The maximum Gasteiger partial charge on any atom is 0.264 e. The van der Waals surface area contributed by atoms with Gasteiger partial charge in [-0.2, -0.15) is 8.42 Å². The molecule has 1 saturated carbocycles. The van der Waals surface area contributed by atoms with E-state index in [9.17, 15) is 8.42 Å². The van der Waals surface area contributed by atoms with E-state index in [2.05, 4.69) is 24.3 Å². The van der Waals surface area contributed by atoms with Crippen LogP contribution in [0.25, 0.3) is 0 Å². The molecule has 0 N–H and O–H groups in total. The van der Waals surface area contributed by atoms with Gasteiger partial charge in [0, 0.05) is 0 Å². The van der Waals surface area contributed by atoms with E-state index >= 15 is 0 Å². The van der Waals surface area contributed by atoms with Gasteiger partial charge in [-0.1, -0.05) is 30.3 Å². The Bertz CT molecular complexity index is 445. The van der Waals surface area contributed by atoms with Gasteiger partial charge in [-0.05, 0) is 37.2 Å². The molecule has 0 radical (unpaired) electrons. The van der Waals surface area contributed by atoms with E-state index in [1.54, 1.807) is 0 Å². The van der Waals surface area contributed by atoms with E-state index in [0.29, 0.717) is 5.92 Å². The zero-order valence-electron chi connectivity index (χ0n) is 10.0. The second-order valence-electron chi connectivity index (χ2n) is 4.68. The molecule has 2 rings (SSSR count). The highest BCUT2D eigenvalue weighted by Crippen LogP contribution is 2.34. The zero-order chi connectivity index (χ0) is 12.3. The average Bonchev–Trinajstić information content (AvgIpc) is 2.29. The topological polar surface area (TPSA) is 43.4 Å². The van der Waals surface area contributed by atoms with Crippen LogP contribution >= 0.6 is 0 Å². The van der Waals surface area contributed by atoms with Gasteiger partial charge in [0.25, 0.3) is 10.1 Å². The maximum absolute atomic E-state index is 11.0. The lowest BCUT2D eigenvalue weighted by Gasteiger charge is -2.27. The third-order valence-electron chi connectivity index (χ3n) is 3.26. The van der Waals surface area contributed by atoms with Crippen LogP contribution in [0.5, 0.6) is 0 Å². The van der Waals surface area contributed by atoms with Crippen LogP contribution in [0.4, 0.5) is 0 Å². The quantitative estimate of drug-likeness (QED) is 0.779. The van der Waals surface area contributed by atoms with Crippen molar-refractivity contribution in [2.45, 2.75) is 37.7 Å². The number of hydrogen-bond acceptors (Lipinski definition) is 3. The first-order valence-electron chi connectivity index (χ1n) is 5.98. The minimum Gasteiger partial charge on any atom is -0.267 e. The summed E-state index contributed by atoms with van der Waals surface area (Å²) < 4.78 is 27.1. The minimum absolute atomic E-state index is 0.120. The summed E-state index contributed by atoms with van der Waals surface area (Å²) in [6, 6.07) is 10.4. The molecule has 0 atom stereocenters. The molecule has 17 heavy (non-hydrogen) atoms. The lowest BCUT2D eigenvalue weighted by molar-refractivity contribution is 0.155. The lowest BCUT2D eigenvalue weighted by Crippen LogP contribution is -2.23. The summed E-state index contributed by atoms with van der Waals surface area (Å²) in [6.45, 7) is 0. The SMILES string of the molecule is CS(=O)(=O)OC1CCC(c2ccccc2)CC1. The summed E-state index contributed by atoms with van der Waals surface area (Å²) in [4.78, 5) is 0. The third-order valence-corrected chi connectivity index (χ3v) is 3.88. The van der Waals surface area contributed by atoms with Crippen LogP contribution in [0.1, 0.15) is 37.2 Å². The summed E-state index contributed by atoms with van der Waals surface area (Å²) in [5.41, 5.74) is 1.35. The van der Waals surface area contributed by atoms with Gasteiger partial charge >= 0.3 is 0 Å². The molecule has 94 valence electrons. The van der Waals surface area contributed by atoms with Gasteiger partial charge in [0.05, 0.1) is 12.4 Å². The Kier molecular flexibility index (Phi) is 3.84. The van der Waals surface area contributed by atoms with Crippen molar-refractivity contribution in [1.29, 1.82) is 0 Å². The molecule has 0 spiro atoms. The smallest absolute Gasteiger partial charge is 0.264 e. The standard InChI is InChI=1S/C13H18O3S/c1-17(14,15)16-13-9-7-12(8-10-13)11-5-3-2-4-6-11/h2-6,12-13H,7-10H2,1H3. The van der Waals surface area contributed by atoms with Crippen LogP contribution in [0.2, 0.25) is 0 Å². The van der Waals surface area contributed by atoms with E-state index in [4.69, 9.17) is 4.18 Å². The monoisotopic (exact) mass is 254 g/mol. The second kappa shape index (κ2) is 5.19. The molecule has 1 aliphatic rings. The van der Waals surface area contributed by atoms with Crippen LogP contribution in [0.3, 0.4) is 0 Å². The molecule has 1 fully saturated rings. The molecule has 0 amide bonds. The fourth-order valence-corrected chi connectivity index (χ4v) is 3.15. The van der Waals surface area contributed by atoms with Crippen molar-refractivity contribution < 1.29 is 12.6 Å². The molecule has 1 aromatic carbocycles. The van der Waals surface area contributed by atoms with Gasteiger partial charge in [0.2, 0.25) is 0 Å². The number of hydrogen-bond donors (Lipinski definition) is 0. The largest absolute Gasteiger partial charge is 0.267 e. The van der Waals surface area contributed by atoms with Crippen molar-refractivity contribution in [2.24, 2.45) is 0 Å². The highest BCUT2D eigenvalue weighted by Gasteiger charge is 2.25. The number of benzene rings is 1. The highest BCUT2D eigenvalue weighted by molar-refractivity contribution is 7.86. The summed E-state index contributed by atoms with van der Waals surface area (Å²) in [5, 5.41) is 0. The van der Waals surface area contributed by atoms with Crippen molar-refractivity contribution in [2.75, 3.05) is 6.26 Å². The van der Waals surface area contributed by atoms with Crippen molar-refractivity contribution in [3.63, 3.8) is 0 Å². The summed E-state index contributed by atoms with van der Waals surface area (Å²) in [7, 11) is -3.31. The predicted molar refractivity (Wildman–Crippen MR) is 67.4 cm³/mol. The van der Waals surface area contributed by atoms with Crippen LogP contribution in [-0.4, -0.2) is 20.8 Å². The Morgan fingerprint density at radius 2 is 1.65 bits per heavy atom. The van der Waals surface area contributed by atoms with Crippen molar-refractivity contribution in [3.8, 4) is 0 Å². The number of rotatable bonds is 3. The molecule has 0 unspecified atom stereocenters. The minimum atomic E-state index is -3.31. The normalized spacial score (nSPS) is 25.7. The molecule has 0 bridgehead atoms. The first-order valence-corrected chi connectivity index (χ1v) is 7.79. The molecule has 0 saturated heterocycles. The molecule has 0 aliphatic heterocycles. The van der Waals surface area contributed by atoms with E-state index in [1.807, 2.05) is 6.07 Å².